The summed E-state index contributed by atoms with van der Waals surface area (Å²) in [5, 5.41) is 8.73. The fourth-order valence-corrected chi connectivity index (χ4v) is 2.38. The Morgan fingerprint density at radius 3 is 2.90 bits per heavy atom. The first-order valence-corrected chi connectivity index (χ1v) is 6.89. The monoisotopic (exact) mass is 269 g/mol. The molecule has 5 heteroatoms. The van der Waals surface area contributed by atoms with E-state index in [1.165, 1.54) is 16.5 Å². The van der Waals surface area contributed by atoms with Gasteiger partial charge in [0.1, 0.15) is 12.2 Å². The van der Waals surface area contributed by atoms with Crippen LogP contribution in [0.5, 0.6) is 0 Å². The molecule has 5 nitrogen and oxygen atoms in total. The van der Waals surface area contributed by atoms with Gasteiger partial charge in [-0.25, -0.2) is 4.98 Å². The van der Waals surface area contributed by atoms with Crippen molar-refractivity contribution in [1.29, 1.82) is 0 Å². The molecule has 2 heterocycles. The molecule has 0 amide bonds. The molecule has 104 valence electrons. The van der Waals surface area contributed by atoms with Gasteiger partial charge in [-0.05, 0) is 35.7 Å². The van der Waals surface area contributed by atoms with E-state index in [-0.39, 0.29) is 0 Å². The van der Waals surface area contributed by atoms with Crippen LogP contribution in [0.25, 0.3) is 10.9 Å². The molecule has 0 aliphatic heterocycles. The number of fused-ring (bicyclic) bond motifs is 1. The second-order valence-corrected chi connectivity index (χ2v) is 4.92. The molecule has 0 atom stereocenters. The normalized spacial score (nSPS) is 11.3. The molecule has 20 heavy (non-hydrogen) atoms. The van der Waals surface area contributed by atoms with Gasteiger partial charge in [0.15, 0.2) is 0 Å². The van der Waals surface area contributed by atoms with E-state index in [0.29, 0.717) is 0 Å². The quantitative estimate of drug-likeness (QED) is 0.770. The molecule has 3 rings (SSSR count). The molecule has 0 fully saturated rings. The molecule has 0 saturated carbocycles. The highest BCUT2D eigenvalue weighted by atomic mass is 15.3. The maximum atomic E-state index is 4.28. The third-order valence-corrected chi connectivity index (χ3v) is 3.53. The van der Waals surface area contributed by atoms with Crippen molar-refractivity contribution in [3.63, 3.8) is 0 Å². The van der Waals surface area contributed by atoms with Crippen LogP contribution >= 0.6 is 0 Å². The van der Waals surface area contributed by atoms with Crippen molar-refractivity contribution in [1.82, 2.24) is 24.6 Å². The topological polar surface area (TPSA) is 47.7 Å². The van der Waals surface area contributed by atoms with Crippen molar-refractivity contribution in [3.05, 3.63) is 48.2 Å². The minimum absolute atomic E-state index is 0.743. The molecule has 1 aromatic carbocycles. The van der Waals surface area contributed by atoms with Crippen LogP contribution < -0.4 is 5.32 Å². The van der Waals surface area contributed by atoms with Gasteiger partial charge in [0.2, 0.25) is 0 Å². The smallest absolute Gasteiger partial charge is 0.146 e. The zero-order chi connectivity index (χ0) is 13.9. The van der Waals surface area contributed by atoms with Crippen LogP contribution in [0.15, 0.2) is 36.8 Å². The van der Waals surface area contributed by atoms with E-state index in [0.717, 1.165) is 25.5 Å². The number of benzene rings is 1. The van der Waals surface area contributed by atoms with E-state index >= 15 is 0 Å². The molecule has 0 saturated heterocycles. The van der Waals surface area contributed by atoms with Crippen molar-refractivity contribution in [3.8, 4) is 0 Å². The van der Waals surface area contributed by atoms with Gasteiger partial charge in [0.25, 0.3) is 0 Å². The number of nitrogens with zero attached hydrogens (tertiary/aromatic N) is 4. The highest BCUT2D eigenvalue weighted by Gasteiger charge is 2.06. The molecular weight excluding hydrogens is 250 g/mol. The lowest BCUT2D eigenvalue weighted by molar-refractivity contribution is 0.664. The van der Waals surface area contributed by atoms with E-state index in [4.69, 9.17) is 0 Å². The van der Waals surface area contributed by atoms with Crippen LogP contribution in [0.3, 0.4) is 0 Å². The highest BCUT2D eigenvalue weighted by Crippen LogP contribution is 2.18. The van der Waals surface area contributed by atoms with E-state index in [1.807, 2.05) is 11.7 Å². The van der Waals surface area contributed by atoms with Gasteiger partial charge in [0.05, 0.1) is 6.54 Å². The lowest BCUT2D eigenvalue weighted by Crippen LogP contribution is -2.11. The lowest BCUT2D eigenvalue weighted by Gasteiger charge is -2.06. The van der Waals surface area contributed by atoms with Crippen molar-refractivity contribution in [2.75, 3.05) is 6.54 Å². The minimum atomic E-state index is 0.743. The molecule has 0 aliphatic carbocycles. The number of rotatable bonds is 5. The van der Waals surface area contributed by atoms with Crippen LogP contribution in [-0.4, -0.2) is 25.9 Å². The Bertz CT molecular complexity index is 710. The summed E-state index contributed by atoms with van der Waals surface area (Å²) in [7, 11) is 1.92. The molecule has 1 N–H and O–H groups in total. The summed E-state index contributed by atoms with van der Waals surface area (Å²) < 4.78 is 4.02. The number of aryl methyl sites for hydroxylation is 1. The molecule has 2 aromatic heterocycles. The molecule has 0 spiro atoms. The predicted molar refractivity (Wildman–Crippen MR) is 79.4 cm³/mol. The molecule has 3 aromatic rings. The maximum absolute atomic E-state index is 4.28. The van der Waals surface area contributed by atoms with Crippen LogP contribution in [-0.2, 0) is 20.1 Å². The summed E-state index contributed by atoms with van der Waals surface area (Å²) >= 11 is 0. The summed E-state index contributed by atoms with van der Waals surface area (Å²) in [5.74, 6) is 0.958. The van der Waals surface area contributed by atoms with Gasteiger partial charge in [-0.2, -0.15) is 5.10 Å². The van der Waals surface area contributed by atoms with Crippen LogP contribution in [0.4, 0.5) is 0 Å². The first kappa shape index (κ1) is 12.9. The summed E-state index contributed by atoms with van der Waals surface area (Å²) in [4.78, 5) is 4.28. The second-order valence-electron chi connectivity index (χ2n) is 4.92. The second kappa shape index (κ2) is 5.46. The zero-order valence-electron chi connectivity index (χ0n) is 11.9. The maximum Gasteiger partial charge on any atom is 0.146 e. The summed E-state index contributed by atoms with van der Waals surface area (Å²) in [6.45, 7) is 4.77. The number of hydrogen-bond acceptors (Lipinski definition) is 3. The Labute approximate surface area is 118 Å². The third kappa shape index (κ3) is 2.44. The van der Waals surface area contributed by atoms with Gasteiger partial charge < -0.3 is 9.88 Å². The average Bonchev–Trinajstić information content (AvgIpc) is 3.04. The summed E-state index contributed by atoms with van der Waals surface area (Å²) in [6.07, 6.45) is 3.70. The molecular formula is C15H19N5. The zero-order valence-corrected chi connectivity index (χ0v) is 11.9. The number of hydrogen-bond donors (Lipinski definition) is 1. The SMILES string of the molecule is CCNCc1ccc2c(ccn2Cc2ncnn2C)c1. The first-order valence-electron chi connectivity index (χ1n) is 6.89. The Kier molecular flexibility index (Phi) is 3.52. The average molecular weight is 269 g/mol. The van der Waals surface area contributed by atoms with Gasteiger partial charge in [-0.15, -0.1) is 0 Å². The van der Waals surface area contributed by atoms with E-state index in [1.54, 1.807) is 6.33 Å². The van der Waals surface area contributed by atoms with Crippen LogP contribution in [0.1, 0.15) is 18.3 Å². The van der Waals surface area contributed by atoms with Crippen molar-refractivity contribution >= 4 is 10.9 Å². The standard InChI is InChI=1S/C15H19N5/c1-3-16-9-12-4-5-14-13(8-12)6-7-20(14)10-15-17-11-18-19(15)2/h4-8,11,16H,3,9-10H2,1-2H3. The minimum Gasteiger partial charge on any atom is -0.340 e. The lowest BCUT2D eigenvalue weighted by atomic mass is 10.1. The fraction of sp³-hybridized carbons (Fsp3) is 0.333. The number of aromatic nitrogens is 4. The third-order valence-electron chi connectivity index (χ3n) is 3.53. The Morgan fingerprint density at radius 2 is 2.15 bits per heavy atom. The predicted octanol–water partition coefficient (Wildman–Crippen LogP) is 1.93. The van der Waals surface area contributed by atoms with Gasteiger partial charge >= 0.3 is 0 Å². The van der Waals surface area contributed by atoms with Gasteiger partial charge in [-0.1, -0.05) is 13.0 Å². The van der Waals surface area contributed by atoms with Crippen molar-refractivity contribution in [2.45, 2.75) is 20.0 Å². The fourth-order valence-electron chi connectivity index (χ4n) is 2.38. The van der Waals surface area contributed by atoms with E-state index < -0.39 is 0 Å². The highest BCUT2D eigenvalue weighted by molar-refractivity contribution is 5.80. The van der Waals surface area contributed by atoms with E-state index in [9.17, 15) is 0 Å². The van der Waals surface area contributed by atoms with Crippen LogP contribution in [0, 0.1) is 0 Å². The molecule has 0 unspecified atom stereocenters. The summed E-state index contributed by atoms with van der Waals surface area (Å²) in [6, 6.07) is 8.75. The first-order chi connectivity index (χ1) is 9.78. The van der Waals surface area contributed by atoms with Crippen molar-refractivity contribution in [2.24, 2.45) is 7.05 Å². The Hall–Kier alpha value is -2.14. The Morgan fingerprint density at radius 1 is 1.25 bits per heavy atom. The Balaban J connectivity index is 1.88. The molecule has 0 aliphatic rings. The summed E-state index contributed by atoms with van der Waals surface area (Å²) in [5.41, 5.74) is 2.55. The molecule has 0 bridgehead atoms. The van der Waals surface area contributed by atoms with E-state index in [2.05, 4.69) is 57.4 Å². The number of nitrogens with one attached hydrogen (secondary N) is 1. The van der Waals surface area contributed by atoms with Crippen molar-refractivity contribution < 1.29 is 0 Å². The molecule has 0 radical (unpaired) electrons. The van der Waals surface area contributed by atoms with Gasteiger partial charge in [-0.3, -0.25) is 4.68 Å². The van der Waals surface area contributed by atoms with Crippen LogP contribution in [0.2, 0.25) is 0 Å². The largest absolute Gasteiger partial charge is 0.340 e. The van der Waals surface area contributed by atoms with Gasteiger partial charge in [0, 0.05) is 25.3 Å².